The Morgan fingerprint density at radius 2 is 2.16 bits per heavy atom. The van der Waals surface area contributed by atoms with Crippen LogP contribution in [0.2, 0.25) is 0 Å². The van der Waals surface area contributed by atoms with Gasteiger partial charge in [0.05, 0.1) is 5.75 Å². The van der Waals surface area contributed by atoms with E-state index in [1.54, 1.807) is 5.38 Å². The van der Waals surface area contributed by atoms with Gasteiger partial charge in [0.2, 0.25) is 5.91 Å². The van der Waals surface area contributed by atoms with Crippen molar-refractivity contribution in [2.45, 2.75) is 18.2 Å². The van der Waals surface area contributed by atoms with E-state index in [2.05, 4.69) is 10.6 Å². The standard InChI is InChI=1S/C11H14N2O4S2/c1-2-3-12-11(17)13-9(14)6-18-7-4-8(10(15)16)19-5-7/h4-5H,2-3,6H2,1H3,(H,15,16)(H2,12,13,14,17). The molecule has 1 aromatic rings. The van der Waals surface area contributed by atoms with Gasteiger partial charge in [-0.1, -0.05) is 6.92 Å². The van der Waals surface area contributed by atoms with Crippen LogP contribution in [0.25, 0.3) is 0 Å². The maximum absolute atomic E-state index is 11.4. The first-order chi connectivity index (χ1) is 9.02. The van der Waals surface area contributed by atoms with Gasteiger partial charge >= 0.3 is 12.0 Å². The highest BCUT2D eigenvalue weighted by Gasteiger charge is 2.10. The lowest BCUT2D eigenvalue weighted by molar-refractivity contribution is -0.117. The van der Waals surface area contributed by atoms with Crippen LogP contribution in [-0.4, -0.2) is 35.3 Å². The summed E-state index contributed by atoms with van der Waals surface area (Å²) in [6, 6.07) is 0.992. The summed E-state index contributed by atoms with van der Waals surface area (Å²) in [5.41, 5.74) is 0. The molecule has 1 rings (SSSR count). The molecule has 1 aromatic heterocycles. The molecule has 1 heterocycles. The van der Waals surface area contributed by atoms with Gasteiger partial charge in [0.15, 0.2) is 0 Å². The first-order valence-corrected chi connectivity index (χ1v) is 7.41. The highest BCUT2D eigenvalue weighted by molar-refractivity contribution is 8.00. The molecule has 0 unspecified atom stereocenters. The van der Waals surface area contributed by atoms with E-state index in [0.717, 1.165) is 17.8 Å². The molecule has 0 fully saturated rings. The summed E-state index contributed by atoms with van der Waals surface area (Å²) in [6.07, 6.45) is 0.795. The van der Waals surface area contributed by atoms with Crippen LogP contribution in [-0.2, 0) is 4.79 Å². The number of rotatable bonds is 6. The molecule has 19 heavy (non-hydrogen) atoms. The molecule has 6 nitrogen and oxygen atoms in total. The second kappa shape index (κ2) is 7.80. The number of carboxylic acids is 1. The second-order valence-corrected chi connectivity index (χ2v) is 5.50. The Labute approximate surface area is 118 Å². The van der Waals surface area contributed by atoms with Crippen molar-refractivity contribution in [3.8, 4) is 0 Å². The smallest absolute Gasteiger partial charge is 0.345 e. The van der Waals surface area contributed by atoms with E-state index in [9.17, 15) is 14.4 Å². The van der Waals surface area contributed by atoms with Crippen molar-refractivity contribution >= 4 is 41.0 Å². The molecule has 0 bridgehead atoms. The van der Waals surface area contributed by atoms with Crippen LogP contribution >= 0.6 is 23.1 Å². The lowest BCUT2D eigenvalue weighted by atomic mass is 10.5. The molecular weight excluding hydrogens is 288 g/mol. The number of hydrogen-bond donors (Lipinski definition) is 3. The third kappa shape index (κ3) is 5.75. The van der Waals surface area contributed by atoms with Crippen molar-refractivity contribution in [1.82, 2.24) is 10.6 Å². The third-order valence-corrected chi connectivity index (χ3v) is 3.99. The van der Waals surface area contributed by atoms with Gasteiger partial charge in [-0.2, -0.15) is 0 Å². The highest BCUT2D eigenvalue weighted by atomic mass is 32.2. The summed E-state index contributed by atoms with van der Waals surface area (Å²) in [5, 5.41) is 15.1. The zero-order chi connectivity index (χ0) is 14.3. The topological polar surface area (TPSA) is 95.5 Å². The van der Waals surface area contributed by atoms with E-state index in [1.165, 1.54) is 17.8 Å². The van der Waals surface area contributed by atoms with Gasteiger partial charge < -0.3 is 10.4 Å². The van der Waals surface area contributed by atoms with E-state index in [0.29, 0.717) is 11.4 Å². The number of aromatic carboxylic acids is 1. The van der Waals surface area contributed by atoms with Crippen LogP contribution in [0, 0.1) is 0 Å². The van der Waals surface area contributed by atoms with E-state index in [1.807, 2.05) is 6.92 Å². The minimum Gasteiger partial charge on any atom is -0.477 e. The van der Waals surface area contributed by atoms with Gasteiger partial charge in [-0.25, -0.2) is 9.59 Å². The van der Waals surface area contributed by atoms with Gasteiger partial charge in [0.1, 0.15) is 4.88 Å². The molecule has 0 spiro atoms. The Morgan fingerprint density at radius 1 is 1.42 bits per heavy atom. The van der Waals surface area contributed by atoms with Crippen molar-refractivity contribution in [2.75, 3.05) is 12.3 Å². The molecule has 0 aromatic carbocycles. The minimum atomic E-state index is -0.986. The summed E-state index contributed by atoms with van der Waals surface area (Å²) in [4.78, 5) is 34.2. The van der Waals surface area contributed by atoms with Crippen LogP contribution in [0.15, 0.2) is 16.3 Å². The predicted molar refractivity (Wildman–Crippen MR) is 73.8 cm³/mol. The summed E-state index contributed by atoms with van der Waals surface area (Å²) in [5.74, 6) is -1.34. The van der Waals surface area contributed by atoms with Gasteiger partial charge in [-0.05, 0) is 12.5 Å². The molecule has 0 aliphatic heterocycles. The summed E-state index contributed by atoms with van der Waals surface area (Å²) in [6.45, 7) is 2.42. The number of urea groups is 1. The molecule has 0 radical (unpaired) electrons. The largest absolute Gasteiger partial charge is 0.477 e. The SMILES string of the molecule is CCCNC(=O)NC(=O)CSc1csc(C(=O)O)c1. The van der Waals surface area contributed by atoms with Gasteiger partial charge in [0, 0.05) is 16.8 Å². The molecule has 3 amide bonds. The predicted octanol–water partition coefficient (Wildman–Crippen LogP) is 1.77. The maximum atomic E-state index is 11.4. The number of amides is 3. The lowest BCUT2D eigenvalue weighted by Gasteiger charge is -2.04. The number of carbonyl (C=O) groups is 3. The monoisotopic (exact) mass is 302 g/mol. The van der Waals surface area contributed by atoms with Crippen LogP contribution in [0.1, 0.15) is 23.0 Å². The zero-order valence-corrected chi connectivity index (χ0v) is 11.9. The Bertz CT molecular complexity index is 473. The van der Waals surface area contributed by atoms with Gasteiger partial charge in [0.25, 0.3) is 0 Å². The van der Waals surface area contributed by atoms with Crippen molar-refractivity contribution in [1.29, 1.82) is 0 Å². The van der Waals surface area contributed by atoms with Crippen LogP contribution in [0.5, 0.6) is 0 Å². The maximum Gasteiger partial charge on any atom is 0.345 e. The molecule has 0 saturated carbocycles. The molecule has 8 heteroatoms. The fraction of sp³-hybridized carbons (Fsp3) is 0.364. The van der Waals surface area contributed by atoms with E-state index in [4.69, 9.17) is 5.11 Å². The van der Waals surface area contributed by atoms with Crippen LogP contribution in [0.4, 0.5) is 4.79 Å². The molecule has 0 atom stereocenters. The van der Waals surface area contributed by atoms with Crippen molar-refractivity contribution in [3.05, 3.63) is 16.3 Å². The number of carboxylic acid groups (broad SMARTS) is 1. The Balaban J connectivity index is 2.33. The van der Waals surface area contributed by atoms with Crippen molar-refractivity contribution in [2.24, 2.45) is 0 Å². The summed E-state index contributed by atoms with van der Waals surface area (Å²) in [7, 11) is 0. The number of nitrogens with one attached hydrogen (secondary N) is 2. The van der Waals surface area contributed by atoms with Crippen LogP contribution < -0.4 is 10.6 Å². The van der Waals surface area contributed by atoms with Gasteiger partial charge in [-0.3, -0.25) is 10.1 Å². The van der Waals surface area contributed by atoms with Crippen molar-refractivity contribution < 1.29 is 19.5 Å². The number of thioether (sulfide) groups is 1. The first-order valence-electron chi connectivity index (χ1n) is 5.55. The van der Waals surface area contributed by atoms with Gasteiger partial charge in [-0.15, -0.1) is 23.1 Å². The fourth-order valence-corrected chi connectivity index (χ4v) is 2.77. The van der Waals surface area contributed by atoms with E-state index >= 15 is 0 Å². The normalized spacial score (nSPS) is 9.95. The Morgan fingerprint density at radius 3 is 2.74 bits per heavy atom. The van der Waals surface area contributed by atoms with E-state index in [-0.39, 0.29) is 10.6 Å². The lowest BCUT2D eigenvalue weighted by Crippen LogP contribution is -2.40. The highest BCUT2D eigenvalue weighted by Crippen LogP contribution is 2.24. The molecule has 0 saturated heterocycles. The van der Waals surface area contributed by atoms with E-state index < -0.39 is 17.9 Å². The third-order valence-electron chi connectivity index (χ3n) is 1.94. The number of thiophene rings is 1. The van der Waals surface area contributed by atoms with Crippen molar-refractivity contribution in [3.63, 3.8) is 0 Å². The summed E-state index contributed by atoms with van der Waals surface area (Å²) < 4.78 is 0. The zero-order valence-electron chi connectivity index (χ0n) is 10.3. The minimum absolute atomic E-state index is 0.0648. The Kier molecular flexibility index (Phi) is 6.37. The molecule has 3 N–H and O–H groups in total. The molecule has 104 valence electrons. The number of imide groups is 1. The average Bonchev–Trinajstić information content (AvgIpc) is 2.83. The summed E-state index contributed by atoms with van der Waals surface area (Å²) >= 11 is 2.29. The first kappa shape index (κ1) is 15.5. The number of carbonyl (C=O) groups excluding carboxylic acids is 2. The fourth-order valence-electron chi connectivity index (χ4n) is 1.10. The Hall–Kier alpha value is -1.54. The number of hydrogen-bond acceptors (Lipinski definition) is 5. The molecular formula is C11H14N2O4S2. The van der Waals surface area contributed by atoms with Crippen LogP contribution in [0.3, 0.4) is 0 Å². The average molecular weight is 302 g/mol. The quantitative estimate of drug-likeness (QED) is 0.696. The second-order valence-electron chi connectivity index (χ2n) is 3.54. The molecule has 0 aliphatic carbocycles. The molecule has 0 aliphatic rings.